The van der Waals surface area contributed by atoms with Crippen LogP contribution < -0.4 is 4.74 Å². The lowest BCUT2D eigenvalue weighted by Gasteiger charge is -2.31. The highest BCUT2D eigenvalue weighted by Gasteiger charge is 2.53. The first-order valence-corrected chi connectivity index (χ1v) is 10.3. The zero-order valence-electron chi connectivity index (χ0n) is 14.5. The van der Waals surface area contributed by atoms with Crippen molar-refractivity contribution in [3.8, 4) is 6.01 Å². The number of morpholine rings is 1. The average molecular weight is 386 g/mol. The van der Waals surface area contributed by atoms with E-state index in [1.807, 2.05) is 0 Å². The van der Waals surface area contributed by atoms with E-state index in [2.05, 4.69) is 9.97 Å². The Hall–Kier alpha value is -1.36. The van der Waals surface area contributed by atoms with E-state index in [0.717, 1.165) is 31.7 Å². The van der Waals surface area contributed by atoms with Crippen LogP contribution in [0.3, 0.4) is 0 Å². The smallest absolute Gasteiger partial charge is 0.316 e. The molecule has 0 aromatic carbocycles. The second kappa shape index (κ2) is 6.99. The molecule has 1 aromatic heterocycles. The Morgan fingerprint density at radius 3 is 2.73 bits per heavy atom. The minimum atomic E-state index is -3.48. The number of fused-ring (bicyclic) bond motifs is 1. The first-order valence-electron chi connectivity index (χ1n) is 8.93. The van der Waals surface area contributed by atoms with Crippen molar-refractivity contribution in [3.05, 3.63) is 18.2 Å². The zero-order chi connectivity index (χ0) is 18.2. The van der Waals surface area contributed by atoms with E-state index in [0.29, 0.717) is 46.0 Å². The Morgan fingerprint density at radius 1 is 1.27 bits per heavy atom. The van der Waals surface area contributed by atoms with Crippen LogP contribution in [0.4, 0.5) is 4.39 Å². The van der Waals surface area contributed by atoms with Crippen molar-refractivity contribution in [2.45, 2.75) is 19.3 Å². The molecule has 8 nitrogen and oxygen atoms in total. The lowest BCUT2D eigenvalue weighted by Crippen LogP contribution is -2.48. The van der Waals surface area contributed by atoms with Gasteiger partial charge >= 0.3 is 6.01 Å². The number of nitrogens with zero attached hydrogens (tertiary/aromatic N) is 4. The summed E-state index contributed by atoms with van der Waals surface area (Å²) in [6, 6.07) is 0.126. The van der Waals surface area contributed by atoms with Crippen molar-refractivity contribution in [2.75, 3.05) is 46.0 Å². The zero-order valence-corrected chi connectivity index (χ0v) is 15.3. The van der Waals surface area contributed by atoms with Crippen LogP contribution in [-0.4, -0.2) is 73.0 Å². The molecule has 4 rings (SSSR count). The molecule has 1 aliphatic carbocycles. The van der Waals surface area contributed by atoms with Crippen LogP contribution in [0.15, 0.2) is 12.4 Å². The van der Waals surface area contributed by atoms with Gasteiger partial charge in [-0.3, -0.25) is 0 Å². The summed E-state index contributed by atoms with van der Waals surface area (Å²) in [5, 5.41) is 0. The van der Waals surface area contributed by atoms with Crippen molar-refractivity contribution in [3.63, 3.8) is 0 Å². The largest absolute Gasteiger partial charge is 0.463 e. The van der Waals surface area contributed by atoms with Gasteiger partial charge in [-0.05, 0) is 18.8 Å². The molecule has 10 heteroatoms. The van der Waals surface area contributed by atoms with Crippen LogP contribution in [0.1, 0.15) is 19.3 Å². The number of hydrogen-bond donors (Lipinski definition) is 0. The Labute approximate surface area is 152 Å². The van der Waals surface area contributed by atoms with Crippen LogP contribution in [-0.2, 0) is 14.9 Å². The number of rotatable bonds is 5. The van der Waals surface area contributed by atoms with Gasteiger partial charge in [-0.1, -0.05) is 6.42 Å². The molecule has 3 heterocycles. The van der Waals surface area contributed by atoms with Gasteiger partial charge in [0, 0.05) is 31.6 Å². The topological polar surface area (TPSA) is 84.9 Å². The third kappa shape index (κ3) is 3.30. The standard InChI is InChI=1S/C16H23FN4O4S/c17-14-8-18-15(19-9-14)25-12-16-3-1-2-13(16)10-21(11-16)26(22,23)20-4-6-24-7-5-20/h8-9,13H,1-7,10-12H2. The van der Waals surface area contributed by atoms with Gasteiger partial charge in [0.25, 0.3) is 10.2 Å². The maximum absolute atomic E-state index is 13.0. The van der Waals surface area contributed by atoms with Gasteiger partial charge in [-0.25, -0.2) is 14.4 Å². The number of aromatic nitrogens is 2. The van der Waals surface area contributed by atoms with Crippen molar-refractivity contribution < 1.29 is 22.3 Å². The monoisotopic (exact) mass is 386 g/mol. The normalized spacial score (nSPS) is 30.4. The quantitative estimate of drug-likeness (QED) is 0.740. The number of halogens is 1. The van der Waals surface area contributed by atoms with Crippen molar-refractivity contribution in [1.82, 2.24) is 18.6 Å². The van der Waals surface area contributed by atoms with Gasteiger partial charge < -0.3 is 9.47 Å². The molecule has 3 fully saturated rings. The molecule has 0 spiro atoms. The summed E-state index contributed by atoms with van der Waals surface area (Å²) in [4.78, 5) is 7.66. The molecule has 2 aliphatic heterocycles. The van der Waals surface area contributed by atoms with E-state index < -0.39 is 16.0 Å². The SMILES string of the molecule is O=S(=O)(N1CCOCC1)N1CC2CCCC2(COc2ncc(F)cn2)C1. The van der Waals surface area contributed by atoms with Crippen molar-refractivity contribution in [2.24, 2.45) is 11.3 Å². The molecular formula is C16H23FN4O4S. The highest BCUT2D eigenvalue weighted by Crippen LogP contribution is 2.49. The van der Waals surface area contributed by atoms with Crippen LogP contribution in [0.25, 0.3) is 0 Å². The molecule has 1 aromatic rings. The minimum Gasteiger partial charge on any atom is -0.463 e. The van der Waals surface area contributed by atoms with Crippen LogP contribution in [0.5, 0.6) is 6.01 Å². The predicted octanol–water partition coefficient (Wildman–Crippen LogP) is 0.674. The van der Waals surface area contributed by atoms with Crippen molar-refractivity contribution in [1.29, 1.82) is 0 Å². The molecule has 0 amide bonds. The molecule has 2 atom stereocenters. The predicted molar refractivity (Wildman–Crippen MR) is 90.1 cm³/mol. The molecule has 2 saturated heterocycles. The summed E-state index contributed by atoms with van der Waals surface area (Å²) >= 11 is 0. The number of hydrogen-bond acceptors (Lipinski definition) is 6. The van der Waals surface area contributed by atoms with Gasteiger partial charge in [0.2, 0.25) is 0 Å². The molecular weight excluding hydrogens is 363 g/mol. The van der Waals surface area contributed by atoms with Crippen LogP contribution in [0.2, 0.25) is 0 Å². The van der Waals surface area contributed by atoms with Gasteiger partial charge in [-0.2, -0.15) is 17.0 Å². The fraction of sp³-hybridized carbons (Fsp3) is 0.750. The second-order valence-corrected chi connectivity index (χ2v) is 9.16. The third-order valence-electron chi connectivity index (χ3n) is 5.72. The Kier molecular flexibility index (Phi) is 4.84. The van der Waals surface area contributed by atoms with E-state index in [4.69, 9.17) is 9.47 Å². The molecule has 3 aliphatic rings. The van der Waals surface area contributed by atoms with Crippen LogP contribution in [0, 0.1) is 17.2 Å². The number of ether oxygens (including phenoxy) is 2. The molecule has 0 radical (unpaired) electrons. The lowest BCUT2D eigenvalue weighted by atomic mass is 9.82. The van der Waals surface area contributed by atoms with E-state index in [1.54, 1.807) is 4.31 Å². The molecule has 26 heavy (non-hydrogen) atoms. The van der Waals surface area contributed by atoms with Gasteiger partial charge in [0.15, 0.2) is 5.82 Å². The molecule has 2 unspecified atom stereocenters. The van der Waals surface area contributed by atoms with Gasteiger partial charge in [0.05, 0.1) is 32.2 Å². The van der Waals surface area contributed by atoms with E-state index in [1.165, 1.54) is 4.31 Å². The maximum atomic E-state index is 13.0. The Balaban J connectivity index is 1.46. The summed E-state index contributed by atoms with van der Waals surface area (Å²) in [7, 11) is -3.48. The summed E-state index contributed by atoms with van der Waals surface area (Å²) < 4.78 is 52.9. The van der Waals surface area contributed by atoms with Gasteiger partial charge in [0.1, 0.15) is 0 Å². The molecule has 1 saturated carbocycles. The maximum Gasteiger partial charge on any atom is 0.316 e. The highest BCUT2D eigenvalue weighted by molar-refractivity contribution is 7.86. The van der Waals surface area contributed by atoms with E-state index in [9.17, 15) is 12.8 Å². The summed E-state index contributed by atoms with van der Waals surface area (Å²) in [6.07, 6.45) is 5.09. The first kappa shape index (κ1) is 18.0. The Bertz CT molecular complexity index is 741. The molecule has 0 bridgehead atoms. The highest BCUT2D eigenvalue weighted by atomic mass is 32.2. The fourth-order valence-electron chi connectivity index (χ4n) is 4.30. The summed E-state index contributed by atoms with van der Waals surface area (Å²) in [5.41, 5.74) is -0.225. The fourth-order valence-corrected chi connectivity index (χ4v) is 6.03. The molecule has 144 valence electrons. The Morgan fingerprint density at radius 2 is 2.00 bits per heavy atom. The van der Waals surface area contributed by atoms with Gasteiger partial charge in [-0.15, -0.1) is 0 Å². The summed E-state index contributed by atoms with van der Waals surface area (Å²) in [5.74, 6) is -0.253. The average Bonchev–Trinajstić information content (AvgIpc) is 3.20. The van der Waals surface area contributed by atoms with Crippen LogP contribution >= 0.6 is 0 Å². The first-order chi connectivity index (χ1) is 12.5. The summed E-state index contributed by atoms with van der Waals surface area (Å²) in [6.45, 7) is 2.98. The van der Waals surface area contributed by atoms with E-state index in [-0.39, 0.29) is 17.3 Å². The third-order valence-corrected chi connectivity index (χ3v) is 7.67. The lowest BCUT2D eigenvalue weighted by molar-refractivity contribution is 0.0700. The van der Waals surface area contributed by atoms with Crippen molar-refractivity contribution >= 4 is 10.2 Å². The molecule has 0 N–H and O–H groups in total. The minimum absolute atomic E-state index is 0.126. The second-order valence-electron chi connectivity index (χ2n) is 7.24. The van der Waals surface area contributed by atoms with E-state index >= 15 is 0 Å².